The zero-order valence-corrected chi connectivity index (χ0v) is 12.9. The zero-order valence-electron chi connectivity index (χ0n) is 12.9. The van der Waals surface area contributed by atoms with Crippen LogP contribution < -0.4 is 10.6 Å². The van der Waals surface area contributed by atoms with Crippen LogP contribution in [0.25, 0.3) is 5.52 Å². The first kappa shape index (κ1) is 16.6. The van der Waals surface area contributed by atoms with E-state index in [2.05, 4.69) is 15.7 Å². The number of hydrogen-bond acceptors (Lipinski definition) is 3. The maximum atomic E-state index is 12.5. The lowest BCUT2D eigenvalue weighted by Gasteiger charge is -2.25. The number of fused-ring (bicyclic) bond motifs is 1. The average Bonchev–Trinajstić information content (AvgIpc) is 3.11. The maximum absolute atomic E-state index is 12.5. The smallest absolute Gasteiger partial charge is 0.336 e. The molecule has 1 saturated heterocycles. The van der Waals surface area contributed by atoms with E-state index < -0.39 is 18.8 Å². The summed E-state index contributed by atoms with van der Waals surface area (Å²) in [6.45, 7) is -0.350. The zero-order chi connectivity index (χ0) is 17.2. The summed E-state index contributed by atoms with van der Waals surface area (Å²) in [5.41, 5.74) is 1.29. The van der Waals surface area contributed by atoms with Gasteiger partial charge in [-0.05, 0) is 31.5 Å². The molecule has 6 nitrogen and oxygen atoms in total. The molecule has 2 aromatic heterocycles. The minimum atomic E-state index is -4.22. The number of halogens is 3. The van der Waals surface area contributed by atoms with Gasteiger partial charge in [-0.3, -0.25) is 4.90 Å². The van der Waals surface area contributed by atoms with Gasteiger partial charge in [0, 0.05) is 18.8 Å². The van der Waals surface area contributed by atoms with Gasteiger partial charge in [0.15, 0.2) is 0 Å². The molecule has 1 atom stereocenters. The van der Waals surface area contributed by atoms with Gasteiger partial charge in [-0.2, -0.15) is 18.3 Å². The Kier molecular flexibility index (Phi) is 4.61. The molecule has 9 heteroatoms. The van der Waals surface area contributed by atoms with Gasteiger partial charge in [0.1, 0.15) is 0 Å². The van der Waals surface area contributed by atoms with E-state index in [1.807, 2.05) is 18.2 Å². The standard InChI is InChI=1S/C15H18F3N5O/c16-15(17,18)10-22-6-3-4-11(22)8-19-14(24)21-12-9-20-23-7-2-1-5-13(12)23/h1-2,5,7,9,11H,3-4,6,8,10H2,(H2,19,21,24). The number of alkyl halides is 3. The minimum Gasteiger partial charge on any atom is -0.336 e. The van der Waals surface area contributed by atoms with Gasteiger partial charge in [-0.25, -0.2) is 9.31 Å². The molecule has 2 N–H and O–H groups in total. The third-order valence-electron chi connectivity index (χ3n) is 4.05. The van der Waals surface area contributed by atoms with Gasteiger partial charge >= 0.3 is 12.2 Å². The lowest BCUT2D eigenvalue weighted by Crippen LogP contribution is -2.44. The van der Waals surface area contributed by atoms with Crippen LogP contribution in [0, 0.1) is 0 Å². The normalized spacial score (nSPS) is 18.9. The summed E-state index contributed by atoms with van der Waals surface area (Å²) in [5.74, 6) is 0. The summed E-state index contributed by atoms with van der Waals surface area (Å²) in [5, 5.41) is 9.43. The molecule has 0 bridgehead atoms. The Balaban J connectivity index is 1.54. The Labute approximate surface area is 136 Å². The maximum Gasteiger partial charge on any atom is 0.401 e. The molecule has 0 saturated carbocycles. The van der Waals surface area contributed by atoms with Crippen molar-refractivity contribution in [1.29, 1.82) is 0 Å². The molecule has 2 aromatic rings. The van der Waals surface area contributed by atoms with E-state index in [0.717, 1.165) is 5.52 Å². The highest BCUT2D eigenvalue weighted by Gasteiger charge is 2.36. The molecule has 24 heavy (non-hydrogen) atoms. The van der Waals surface area contributed by atoms with Crippen LogP contribution in [0.1, 0.15) is 12.8 Å². The molecule has 2 amide bonds. The lowest BCUT2D eigenvalue weighted by molar-refractivity contribution is -0.147. The number of nitrogens with zero attached hydrogens (tertiary/aromatic N) is 3. The van der Waals surface area contributed by atoms with Crippen LogP contribution in [-0.2, 0) is 0 Å². The molecular formula is C15H18F3N5O. The molecule has 3 heterocycles. The molecular weight excluding hydrogens is 323 g/mol. The predicted molar refractivity (Wildman–Crippen MR) is 82.9 cm³/mol. The van der Waals surface area contributed by atoms with Gasteiger partial charge in [-0.15, -0.1) is 0 Å². The van der Waals surface area contributed by atoms with Crippen LogP contribution >= 0.6 is 0 Å². The molecule has 130 valence electrons. The van der Waals surface area contributed by atoms with Gasteiger partial charge in [0.2, 0.25) is 0 Å². The summed E-state index contributed by atoms with van der Waals surface area (Å²) in [6.07, 6.45) is 0.416. The highest BCUT2D eigenvalue weighted by molar-refractivity contribution is 5.93. The van der Waals surface area contributed by atoms with Crippen LogP contribution in [0.15, 0.2) is 30.6 Å². The third-order valence-corrected chi connectivity index (χ3v) is 4.05. The fourth-order valence-electron chi connectivity index (χ4n) is 2.97. The van der Waals surface area contributed by atoms with Gasteiger partial charge in [0.05, 0.1) is 23.9 Å². The van der Waals surface area contributed by atoms with Crippen molar-refractivity contribution in [3.8, 4) is 0 Å². The fourth-order valence-corrected chi connectivity index (χ4v) is 2.97. The number of hydrogen-bond donors (Lipinski definition) is 2. The second-order valence-corrected chi connectivity index (χ2v) is 5.81. The Morgan fingerprint density at radius 1 is 1.38 bits per heavy atom. The second kappa shape index (κ2) is 6.68. The predicted octanol–water partition coefficient (Wildman–Crippen LogP) is 2.48. The third kappa shape index (κ3) is 3.97. The fraction of sp³-hybridized carbons (Fsp3) is 0.467. The van der Waals surface area contributed by atoms with E-state index in [-0.39, 0.29) is 12.6 Å². The summed E-state index contributed by atoms with van der Waals surface area (Å²) >= 11 is 0. The summed E-state index contributed by atoms with van der Waals surface area (Å²) in [6, 6.07) is 4.71. The van der Waals surface area contributed by atoms with Crippen LogP contribution in [-0.4, -0.2) is 52.4 Å². The van der Waals surface area contributed by atoms with Crippen LogP contribution in [0.3, 0.4) is 0 Å². The van der Waals surface area contributed by atoms with Crippen molar-refractivity contribution in [2.24, 2.45) is 0 Å². The van der Waals surface area contributed by atoms with Gasteiger partial charge in [0.25, 0.3) is 0 Å². The number of carbonyl (C=O) groups excluding carboxylic acids is 1. The molecule has 1 unspecified atom stereocenters. The average molecular weight is 341 g/mol. The number of aromatic nitrogens is 2. The number of pyridine rings is 1. The first-order valence-electron chi connectivity index (χ1n) is 7.70. The van der Waals surface area contributed by atoms with Crippen molar-refractivity contribution in [3.05, 3.63) is 30.6 Å². The van der Waals surface area contributed by atoms with E-state index in [1.54, 1.807) is 10.7 Å². The topological polar surface area (TPSA) is 61.7 Å². The van der Waals surface area contributed by atoms with Crippen molar-refractivity contribution in [2.45, 2.75) is 25.1 Å². The number of nitrogens with one attached hydrogen (secondary N) is 2. The molecule has 3 rings (SSSR count). The van der Waals surface area contributed by atoms with E-state index in [0.29, 0.717) is 25.1 Å². The SMILES string of the molecule is O=C(NCC1CCCN1CC(F)(F)F)Nc1cnn2ccccc12. The number of amides is 2. The number of carbonyl (C=O) groups is 1. The Morgan fingerprint density at radius 2 is 2.21 bits per heavy atom. The summed E-state index contributed by atoms with van der Waals surface area (Å²) < 4.78 is 39.2. The highest BCUT2D eigenvalue weighted by Crippen LogP contribution is 2.23. The van der Waals surface area contributed by atoms with Crippen molar-refractivity contribution in [3.63, 3.8) is 0 Å². The quantitative estimate of drug-likeness (QED) is 0.898. The summed E-state index contributed by atoms with van der Waals surface area (Å²) in [7, 11) is 0. The highest BCUT2D eigenvalue weighted by atomic mass is 19.4. The molecule has 1 aliphatic rings. The van der Waals surface area contributed by atoms with E-state index in [4.69, 9.17) is 0 Å². The number of anilines is 1. The number of rotatable bonds is 4. The molecule has 0 aromatic carbocycles. The number of likely N-dealkylation sites (tertiary alicyclic amines) is 1. The van der Waals surface area contributed by atoms with Crippen molar-refractivity contribution in [2.75, 3.05) is 25.0 Å². The van der Waals surface area contributed by atoms with Crippen molar-refractivity contribution in [1.82, 2.24) is 19.8 Å². The van der Waals surface area contributed by atoms with E-state index in [1.165, 1.54) is 11.1 Å². The second-order valence-electron chi connectivity index (χ2n) is 5.81. The molecule has 1 aliphatic heterocycles. The van der Waals surface area contributed by atoms with E-state index >= 15 is 0 Å². The van der Waals surface area contributed by atoms with Crippen LogP contribution in [0.5, 0.6) is 0 Å². The lowest BCUT2D eigenvalue weighted by atomic mass is 10.2. The minimum absolute atomic E-state index is 0.182. The van der Waals surface area contributed by atoms with Crippen molar-refractivity contribution >= 4 is 17.2 Å². The number of urea groups is 1. The molecule has 0 spiro atoms. The van der Waals surface area contributed by atoms with Gasteiger partial charge < -0.3 is 10.6 Å². The largest absolute Gasteiger partial charge is 0.401 e. The first-order chi connectivity index (χ1) is 11.4. The van der Waals surface area contributed by atoms with Gasteiger partial charge in [-0.1, -0.05) is 6.07 Å². The van der Waals surface area contributed by atoms with E-state index in [9.17, 15) is 18.0 Å². The Bertz CT molecular complexity index is 714. The Hall–Kier alpha value is -2.29. The Morgan fingerprint density at radius 3 is 3.00 bits per heavy atom. The van der Waals surface area contributed by atoms with Crippen LogP contribution in [0.2, 0.25) is 0 Å². The van der Waals surface area contributed by atoms with Crippen molar-refractivity contribution < 1.29 is 18.0 Å². The molecule has 0 aliphatic carbocycles. The molecule has 1 fully saturated rings. The van der Waals surface area contributed by atoms with Crippen LogP contribution in [0.4, 0.5) is 23.7 Å². The monoisotopic (exact) mass is 341 g/mol. The summed E-state index contributed by atoms with van der Waals surface area (Å²) in [4.78, 5) is 13.4. The first-order valence-corrected chi connectivity index (χ1v) is 7.70. The molecule has 0 radical (unpaired) electrons.